The molecule has 0 aliphatic rings. The lowest BCUT2D eigenvalue weighted by Gasteiger charge is -2.18. The number of aromatic amines is 1. The molecular weight excluding hydrogens is 2040 g/mol. The van der Waals surface area contributed by atoms with Crippen LogP contribution in [0.5, 0.6) is 0 Å². The zero-order valence-corrected chi connectivity index (χ0v) is 78.8. The summed E-state index contributed by atoms with van der Waals surface area (Å²) < 4.78 is 20.0. The highest BCUT2D eigenvalue weighted by Gasteiger charge is 2.22. The van der Waals surface area contributed by atoms with Crippen LogP contribution in [-0.2, 0) is 0 Å². The molecule has 6 aromatic heterocycles. The third-order valence-electron chi connectivity index (χ3n) is 20.1. The van der Waals surface area contributed by atoms with Crippen molar-refractivity contribution in [3.63, 3.8) is 0 Å². The number of nitrogens with one attached hydrogen (secondary N) is 2. The smallest absolute Gasteiger partial charge is 0.0720 e. The van der Waals surface area contributed by atoms with Gasteiger partial charge in [-0.05, 0) is 184 Å². The molecule has 0 aliphatic carbocycles. The molecule has 580 valence electrons. The first kappa shape index (κ1) is 82.3. The average molecular weight is 2110 g/mol. The highest BCUT2D eigenvalue weighted by atomic mass is 127. The Balaban J connectivity index is 0.000000103. The molecule has 0 fully saturated rings. The first-order valence-corrected chi connectivity index (χ1v) is 48.3. The normalized spacial score (nSPS) is 11.1. The molecule has 4 N–H and O–H groups in total. The number of nitrogens with zero attached hydrogens (tertiary/aromatic N) is 1. The second-order valence-electron chi connectivity index (χ2n) is 27.5. The summed E-state index contributed by atoms with van der Waals surface area (Å²) in [7, 11) is -0.446. The number of hydrogen-bond acceptors (Lipinski definition) is 6. The van der Waals surface area contributed by atoms with Gasteiger partial charge in [-0.1, -0.05) is 348 Å². The van der Waals surface area contributed by atoms with Gasteiger partial charge in [0, 0.05) is 121 Å². The van der Waals surface area contributed by atoms with Gasteiger partial charge in [0.05, 0.1) is 62.5 Å². The largest absolute Gasteiger partial charge is 0.398 e. The zero-order chi connectivity index (χ0) is 81.5. The van der Waals surface area contributed by atoms with Gasteiger partial charge in [-0.15, -0.1) is 45.3 Å². The number of H-pyrrole nitrogens is 1. The predicted molar refractivity (Wildman–Crippen MR) is 554 cm³/mol. The van der Waals surface area contributed by atoms with Crippen molar-refractivity contribution in [1.29, 1.82) is 0 Å². The van der Waals surface area contributed by atoms with Crippen LogP contribution in [0.15, 0.2) is 405 Å². The van der Waals surface area contributed by atoms with E-state index in [1.54, 1.807) is 23.5 Å². The Kier molecular flexibility index (Phi) is 26.2. The van der Waals surface area contributed by atoms with E-state index in [0.29, 0.717) is 10.7 Å². The van der Waals surface area contributed by atoms with Crippen molar-refractivity contribution >= 4 is 336 Å². The third-order valence-corrected chi connectivity index (χ3v) is 32.2. The number of thiophene rings is 4. The van der Waals surface area contributed by atoms with Crippen LogP contribution in [0.1, 0.15) is 0 Å². The van der Waals surface area contributed by atoms with Crippen molar-refractivity contribution in [2.45, 2.75) is 0 Å². The summed E-state index contributed by atoms with van der Waals surface area (Å²) in [5.41, 5.74) is 14.2. The number of fused-ring (bicyclic) bond motifs is 20. The third kappa shape index (κ3) is 17.8. The van der Waals surface area contributed by atoms with E-state index in [1.165, 1.54) is 163 Å². The summed E-state index contributed by atoms with van der Waals surface area (Å²) in [6.07, 6.45) is 0. The quantitative estimate of drug-likeness (QED) is 0.0883. The van der Waals surface area contributed by atoms with E-state index >= 15 is 0 Å². The molecule has 17 aromatic carbocycles. The molecule has 23 rings (SSSR count). The lowest BCUT2D eigenvalue weighted by molar-refractivity contribution is 1.19. The molecule has 0 spiro atoms. The van der Waals surface area contributed by atoms with Crippen LogP contribution in [-0.4, -0.2) is 9.55 Å². The lowest BCUT2D eigenvalue weighted by atomic mass is 10.1. The summed E-state index contributed by atoms with van der Waals surface area (Å²) in [4.78, 5) is 3.60. The van der Waals surface area contributed by atoms with E-state index in [0.717, 1.165) is 25.3 Å². The van der Waals surface area contributed by atoms with Gasteiger partial charge < -0.3 is 20.6 Å². The maximum atomic E-state index is 6.27. The number of halogens is 8. The van der Waals surface area contributed by atoms with Crippen molar-refractivity contribution in [3.05, 3.63) is 418 Å². The van der Waals surface area contributed by atoms with Crippen molar-refractivity contribution in [2.24, 2.45) is 0 Å². The zero-order valence-electron chi connectivity index (χ0n) is 63.0. The van der Waals surface area contributed by atoms with Gasteiger partial charge in [0.2, 0.25) is 0 Å². The van der Waals surface area contributed by atoms with Gasteiger partial charge >= 0.3 is 0 Å². The average Bonchev–Trinajstić information content (AvgIpc) is 1.56. The molecule has 0 bridgehead atoms. The molecule has 0 aliphatic heterocycles. The number of rotatable bonds is 6. The Morgan fingerprint density at radius 2 is 0.706 bits per heavy atom. The van der Waals surface area contributed by atoms with Gasteiger partial charge in [0.1, 0.15) is 0 Å². The van der Waals surface area contributed by atoms with Crippen molar-refractivity contribution < 1.29 is 0 Å². The molecule has 0 saturated carbocycles. The SMILES string of the molecule is Brc1cc2c3ccccc3[nH]c2c2sc3ccccc3c12.Brc1cc2c3ccccc3n(-c3ccccc3)c2c2sc3ccccc3c12.Brc1ccc(Br)c2c1sc1ccccc12.Clc1ccccc1Nc1ccc(Br)c2c1sc1ccccc12.Ic1ccccc1.Nc1ccccc1Cl.c1ccc(P(c2ccccc2)c2ccccc2)cc1. The lowest BCUT2D eigenvalue weighted by Crippen LogP contribution is -2.20. The molecule has 0 atom stereocenters. The highest BCUT2D eigenvalue weighted by Crippen LogP contribution is 2.49. The number of nitrogens with two attached hydrogens (primary N) is 1. The van der Waals surface area contributed by atoms with Crippen molar-refractivity contribution in [2.75, 3.05) is 11.1 Å². The minimum absolute atomic E-state index is 0.446. The molecule has 119 heavy (non-hydrogen) atoms. The number of hydrogen-bond donors (Lipinski definition) is 3. The first-order chi connectivity index (χ1) is 58.3. The van der Waals surface area contributed by atoms with E-state index < -0.39 is 7.92 Å². The van der Waals surface area contributed by atoms with Crippen molar-refractivity contribution in [1.82, 2.24) is 9.55 Å². The Morgan fingerprint density at radius 3 is 1.22 bits per heavy atom. The van der Waals surface area contributed by atoms with Crippen LogP contribution in [0.2, 0.25) is 10.0 Å². The molecule has 0 radical (unpaired) electrons. The maximum absolute atomic E-state index is 6.27. The number of nitrogen functional groups attached to an aromatic ring is 1. The van der Waals surface area contributed by atoms with E-state index in [9.17, 15) is 0 Å². The van der Waals surface area contributed by atoms with E-state index in [1.807, 2.05) is 88.6 Å². The van der Waals surface area contributed by atoms with E-state index in [2.05, 4.69) is 433 Å². The van der Waals surface area contributed by atoms with Crippen LogP contribution in [0.4, 0.5) is 17.1 Å². The van der Waals surface area contributed by atoms with E-state index in [4.69, 9.17) is 28.9 Å². The predicted octanol–water partition coefficient (Wildman–Crippen LogP) is 34.8. The maximum Gasteiger partial charge on any atom is 0.0720 e. The minimum Gasteiger partial charge on any atom is -0.398 e. The Bertz CT molecular complexity index is 7440. The molecular formula is C102H67Br5Cl2IN4PS4. The second-order valence-corrected chi connectivity index (χ2v) is 40.3. The number of para-hydroxylation sites is 5. The fourth-order valence-electron chi connectivity index (χ4n) is 14.7. The Hall–Kier alpha value is -9.04. The minimum atomic E-state index is -0.446. The Labute approximate surface area is 771 Å². The summed E-state index contributed by atoms with van der Waals surface area (Å²) in [6.45, 7) is 0. The topological polar surface area (TPSA) is 58.8 Å². The standard InChI is InChI=1S/C24H14BrNS.C18H11BrClNS.C18H10BrNS.C18H15P.C12H6Br2S.C6H6ClN.C6H5I/c25-19-14-18-16-10-4-6-12-20(16)26(15-8-2-1-3-9-15)23(18)24-22(19)17-11-5-7-13-21(17)27-24;19-12-9-10-15(21-14-7-3-2-6-13(14)20)18-17(12)11-5-1-4-8-16(11)22-18;19-13-9-12-10-5-1-3-7-14(10)20-17(12)18-16(13)11-6-2-4-8-15(11)21-18;1-4-10-16(11-5-1)19(17-12-6-2-7-13-17)18-14-8-3-9-15-18;13-8-5-6-9(14)12-11(8)7-3-1-2-4-10(7)15-12;7-5-3-1-2-4-6(5)8;7-6-4-2-1-3-5-6/h1-14H;1-10,21H;1-9,20H;1-15H;1-6H;1-4H,8H2;1-5H. The number of benzene rings is 17. The molecule has 0 saturated heterocycles. The molecule has 4 nitrogen and oxygen atoms in total. The summed E-state index contributed by atoms with van der Waals surface area (Å²) in [5.74, 6) is 0. The van der Waals surface area contributed by atoms with Crippen molar-refractivity contribution in [3.8, 4) is 5.69 Å². The molecule has 0 amide bonds. The summed E-state index contributed by atoms with van der Waals surface area (Å²) in [6, 6.07) is 133. The summed E-state index contributed by atoms with van der Waals surface area (Å²) in [5, 5.41) is 24.6. The van der Waals surface area contributed by atoms with Crippen LogP contribution in [0.3, 0.4) is 0 Å². The van der Waals surface area contributed by atoms with Gasteiger partial charge in [-0.25, -0.2) is 0 Å². The Morgan fingerprint density at radius 1 is 0.319 bits per heavy atom. The van der Waals surface area contributed by atoms with Crippen LogP contribution in [0, 0.1) is 3.57 Å². The number of aromatic nitrogens is 2. The van der Waals surface area contributed by atoms with Gasteiger partial charge in [-0.2, -0.15) is 0 Å². The van der Waals surface area contributed by atoms with Crippen LogP contribution < -0.4 is 27.0 Å². The molecule has 6 heterocycles. The van der Waals surface area contributed by atoms with Gasteiger partial charge in [0.25, 0.3) is 0 Å². The fourth-order valence-corrected chi connectivity index (χ4v) is 26.0. The van der Waals surface area contributed by atoms with Gasteiger partial charge in [-0.3, -0.25) is 0 Å². The fraction of sp³-hybridized carbons (Fsp3) is 0. The molecule has 23 aromatic rings. The molecule has 0 unspecified atom stereocenters. The van der Waals surface area contributed by atoms with Gasteiger partial charge in [0.15, 0.2) is 0 Å². The first-order valence-electron chi connectivity index (χ1n) is 37.9. The van der Waals surface area contributed by atoms with Crippen LogP contribution >= 0.6 is 179 Å². The highest BCUT2D eigenvalue weighted by molar-refractivity contribution is 14.1. The monoisotopic (exact) mass is 2100 g/mol. The van der Waals surface area contributed by atoms with Crippen LogP contribution in [0.25, 0.3) is 130 Å². The van der Waals surface area contributed by atoms with E-state index in [-0.39, 0.29) is 0 Å². The number of anilines is 3. The second kappa shape index (κ2) is 37.9. The summed E-state index contributed by atoms with van der Waals surface area (Å²) >= 11 is 40.0. The molecule has 17 heteroatoms.